The lowest BCUT2D eigenvalue weighted by molar-refractivity contribution is -0.116. The van der Waals surface area contributed by atoms with Crippen LogP contribution in [0.1, 0.15) is 25.7 Å². The molecule has 2 aliphatic heterocycles. The van der Waals surface area contributed by atoms with Gasteiger partial charge in [0.2, 0.25) is 5.91 Å². The molecule has 3 N–H and O–H groups in total. The van der Waals surface area contributed by atoms with Crippen molar-refractivity contribution in [3.8, 4) is 11.4 Å². The molecule has 3 amide bonds. The first-order valence-corrected chi connectivity index (χ1v) is 11.0. The molecular weight excluding hydrogens is 382 g/mol. The topological polar surface area (TPSA) is 96.0 Å². The van der Waals surface area contributed by atoms with Gasteiger partial charge in [0.05, 0.1) is 17.8 Å². The molecule has 0 aliphatic carbocycles. The summed E-state index contributed by atoms with van der Waals surface area (Å²) in [6, 6.07) is 6.11. The Kier molecular flexibility index (Phi) is 5.58. The third kappa shape index (κ3) is 4.41. The molecule has 9 heteroatoms. The Morgan fingerprint density at radius 2 is 2.19 bits per heavy atom. The van der Waals surface area contributed by atoms with Crippen molar-refractivity contribution in [1.29, 1.82) is 0 Å². The van der Waals surface area contributed by atoms with E-state index >= 15 is 0 Å². The number of rotatable bonds is 7. The predicted molar refractivity (Wildman–Crippen MR) is 108 cm³/mol. The molecule has 3 atom stereocenters. The molecule has 2 aromatic rings. The summed E-state index contributed by atoms with van der Waals surface area (Å²) >= 11 is 3.32. The van der Waals surface area contributed by atoms with Crippen LogP contribution in [-0.2, 0) is 4.79 Å². The van der Waals surface area contributed by atoms with Crippen molar-refractivity contribution < 1.29 is 9.59 Å². The summed E-state index contributed by atoms with van der Waals surface area (Å²) in [4.78, 5) is 32.2. The summed E-state index contributed by atoms with van der Waals surface area (Å²) in [6.07, 6.45) is 5.03. The molecule has 4 rings (SSSR count). The van der Waals surface area contributed by atoms with Crippen LogP contribution in [0.25, 0.3) is 11.4 Å². The number of carbonyl (C=O) groups is 2. The van der Waals surface area contributed by atoms with Gasteiger partial charge in [-0.2, -0.15) is 11.8 Å². The van der Waals surface area contributed by atoms with E-state index in [0.29, 0.717) is 16.8 Å². The summed E-state index contributed by atoms with van der Waals surface area (Å²) in [5.74, 6) is 0.960. The van der Waals surface area contributed by atoms with E-state index in [9.17, 15) is 9.59 Å². The summed E-state index contributed by atoms with van der Waals surface area (Å²) in [7, 11) is 0. The fourth-order valence-electron chi connectivity index (χ4n) is 3.42. The molecule has 4 heterocycles. The first-order chi connectivity index (χ1) is 13.2. The van der Waals surface area contributed by atoms with Crippen molar-refractivity contribution in [2.24, 2.45) is 0 Å². The molecule has 27 heavy (non-hydrogen) atoms. The molecule has 7 nitrogen and oxygen atoms in total. The number of amides is 3. The average molecular weight is 404 g/mol. The molecule has 0 radical (unpaired) electrons. The number of nitrogens with zero attached hydrogens (tertiary/aromatic N) is 2. The molecule has 0 unspecified atom stereocenters. The fourth-order valence-corrected chi connectivity index (χ4v) is 5.68. The average Bonchev–Trinajstić information content (AvgIpc) is 3.36. The highest BCUT2D eigenvalue weighted by Gasteiger charge is 2.42. The van der Waals surface area contributed by atoms with E-state index in [2.05, 4.69) is 25.9 Å². The second-order valence-electron chi connectivity index (χ2n) is 6.67. The standard InChI is InChI=1S/C18H21N5O2S2/c24-15(22-18-21-12(9-27-18)11-5-3-4-8-19-11)7-2-1-6-14-16-13(10-26-14)20-17(25)23-16/h3-5,8-9,13-14,16H,1-2,6-7,10H2,(H2,20,23,25)(H,21,22,24)/t13-,14-,16-/m0/s1. The third-order valence-corrected chi connectivity index (χ3v) is 7.02. The van der Waals surface area contributed by atoms with E-state index in [1.807, 2.05) is 35.3 Å². The first kappa shape index (κ1) is 18.2. The van der Waals surface area contributed by atoms with Crippen molar-refractivity contribution in [3.63, 3.8) is 0 Å². The minimum atomic E-state index is -0.0526. The lowest BCUT2D eigenvalue weighted by Crippen LogP contribution is -2.36. The van der Waals surface area contributed by atoms with Crippen LogP contribution in [0.3, 0.4) is 0 Å². The van der Waals surface area contributed by atoms with Crippen LogP contribution in [-0.4, -0.2) is 45.0 Å². The molecular formula is C18H21N5O2S2. The lowest BCUT2D eigenvalue weighted by Gasteiger charge is -2.16. The van der Waals surface area contributed by atoms with Crippen molar-refractivity contribution in [3.05, 3.63) is 29.8 Å². The summed E-state index contributed by atoms with van der Waals surface area (Å²) in [5.41, 5.74) is 1.58. The molecule has 2 saturated heterocycles. The maximum atomic E-state index is 12.1. The number of fused-ring (bicyclic) bond motifs is 1. The second-order valence-corrected chi connectivity index (χ2v) is 8.80. The highest BCUT2D eigenvalue weighted by atomic mass is 32.2. The van der Waals surface area contributed by atoms with E-state index in [-0.39, 0.29) is 24.0 Å². The van der Waals surface area contributed by atoms with Gasteiger partial charge in [0.25, 0.3) is 0 Å². The van der Waals surface area contributed by atoms with E-state index in [1.165, 1.54) is 11.3 Å². The number of aromatic nitrogens is 2. The van der Waals surface area contributed by atoms with Crippen LogP contribution >= 0.6 is 23.1 Å². The number of pyridine rings is 1. The van der Waals surface area contributed by atoms with Crippen molar-refractivity contribution in [2.45, 2.75) is 43.0 Å². The van der Waals surface area contributed by atoms with E-state index in [0.717, 1.165) is 36.4 Å². The van der Waals surface area contributed by atoms with Gasteiger partial charge in [0, 0.05) is 29.0 Å². The molecule has 0 saturated carbocycles. The van der Waals surface area contributed by atoms with Crippen LogP contribution in [0, 0.1) is 0 Å². The number of carbonyl (C=O) groups excluding carboxylic acids is 2. The van der Waals surface area contributed by atoms with Gasteiger partial charge in [-0.1, -0.05) is 12.5 Å². The van der Waals surface area contributed by atoms with Crippen LogP contribution in [0.15, 0.2) is 29.8 Å². The number of hydrogen-bond donors (Lipinski definition) is 3. The van der Waals surface area contributed by atoms with Gasteiger partial charge in [-0.05, 0) is 25.0 Å². The van der Waals surface area contributed by atoms with Crippen LogP contribution in [0.5, 0.6) is 0 Å². The highest BCUT2D eigenvalue weighted by Crippen LogP contribution is 2.33. The fraction of sp³-hybridized carbons (Fsp3) is 0.444. The first-order valence-electron chi connectivity index (χ1n) is 9.04. The van der Waals surface area contributed by atoms with Gasteiger partial charge in [-0.15, -0.1) is 11.3 Å². The minimum Gasteiger partial charge on any atom is -0.332 e. The maximum Gasteiger partial charge on any atom is 0.315 e. The SMILES string of the molecule is O=C(CCCC[C@@H]1SC[C@@H]2NC(=O)N[C@@H]21)Nc1nc(-c2ccccn2)cs1. The Bertz CT molecular complexity index is 813. The van der Waals surface area contributed by atoms with Crippen molar-refractivity contribution in [1.82, 2.24) is 20.6 Å². The Labute approximate surface area is 165 Å². The van der Waals surface area contributed by atoms with Gasteiger partial charge in [-0.3, -0.25) is 9.78 Å². The van der Waals surface area contributed by atoms with Crippen LogP contribution in [0.4, 0.5) is 9.93 Å². The minimum absolute atomic E-state index is 0.00953. The van der Waals surface area contributed by atoms with Gasteiger partial charge < -0.3 is 16.0 Å². The van der Waals surface area contributed by atoms with Crippen molar-refractivity contribution in [2.75, 3.05) is 11.1 Å². The second kappa shape index (κ2) is 8.26. The largest absolute Gasteiger partial charge is 0.332 e. The molecule has 0 spiro atoms. The number of urea groups is 1. The van der Waals surface area contributed by atoms with E-state index in [4.69, 9.17) is 0 Å². The summed E-state index contributed by atoms with van der Waals surface area (Å²) in [5, 5.41) is 11.8. The number of unbranched alkanes of at least 4 members (excludes halogenated alkanes) is 1. The zero-order chi connectivity index (χ0) is 18.6. The number of nitrogens with one attached hydrogen (secondary N) is 3. The molecule has 142 valence electrons. The summed E-state index contributed by atoms with van der Waals surface area (Å²) in [6.45, 7) is 0. The van der Waals surface area contributed by atoms with Crippen molar-refractivity contribution >= 4 is 40.2 Å². The maximum absolute atomic E-state index is 12.1. The monoisotopic (exact) mass is 403 g/mol. The Hall–Kier alpha value is -2.13. The Morgan fingerprint density at radius 1 is 1.26 bits per heavy atom. The zero-order valence-electron chi connectivity index (χ0n) is 14.7. The molecule has 0 aromatic carbocycles. The van der Waals surface area contributed by atoms with Crippen LogP contribution in [0.2, 0.25) is 0 Å². The number of hydrogen-bond acceptors (Lipinski definition) is 6. The summed E-state index contributed by atoms with van der Waals surface area (Å²) < 4.78 is 0. The predicted octanol–water partition coefficient (Wildman–Crippen LogP) is 2.87. The molecule has 2 aliphatic rings. The Balaban J connectivity index is 1.18. The smallest absolute Gasteiger partial charge is 0.315 e. The zero-order valence-corrected chi connectivity index (χ0v) is 16.3. The molecule has 0 bridgehead atoms. The van der Waals surface area contributed by atoms with E-state index in [1.54, 1.807) is 6.20 Å². The quantitative estimate of drug-likeness (QED) is 0.488. The molecule has 2 fully saturated rings. The normalized spacial score (nSPS) is 23.6. The van der Waals surface area contributed by atoms with Gasteiger partial charge in [0.15, 0.2) is 5.13 Å². The number of thiazole rings is 1. The lowest BCUT2D eigenvalue weighted by atomic mass is 10.0. The van der Waals surface area contributed by atoms with Gasteiger partial charge in [-0.25, -0.2) is 9.78 Å². The van der Waals surface area contributed by atoms with Gasteiger partial charge in [0.1, 0.15) is 5.69 Å². The highest BCUT2D eigenvalue weighted by molar-refractivity contribution is 8.00. The van der Waals surface area contributed by atoms with Gasteiger partial charge >= 0.3 is 6.03 Å². The van der Waals surface area contributed by atoms with Crippen LogP contribution < -0.4 is 16.0 Å². The Morgan fingerprint density at radius 3 is 3.04 bits per heavy atom. The van der Waals surface area contributed by atoms with E-state index < -0.39 is 0 Å². The number of thioether (sulfide) groups is 1. The number of anilines is 1. The third-order valence-electron chi connectivity index (χ3n) is 4.76. The molecule has 2 aromatic heterocycles.